The second-order valence-corrected chi connectivity index (χ2v) is 6.26. The molecule has 0 radical (unpaired) electrons. The molecule has 102 valence electrons. The molecule has 0 aliphatic heterocycles. The summed E-state index contributed by atoms with van der Waals surface area (Å²) in [4.78, 5) is 4.44. The lowest BCUT2D eigenvalue weighted by atomic mass is 10.1. The van der Waals surface area contributed by atoms with Crippen molar-refractivity contribution in [3.63, 3.8) is 0 Å². The highest BCUT2D eigenvalue weighted by atomic mass is 35.5. The molecule has 0 fully saturated rings. The molecule has 0 spiro atoms. The predicted octanol–water partition coefficient (Wildman–Crippen LogP) is 4.65. The third-order valence-corrected chi connectivity index (χ3v) is 4.47. The molecule has 5 heteroatoms. The molecule has 0 saturated heterocycles. The summed E-state index contributed by atoms with van der Waals surface area (Å²) in [6, 6.07) is 5.81. The lowest BCUT2D eigenvalue weighted by molar-refractivity contribution is 0.576. The maximum Gasteiger partial charge on any atom is 0.0940 e. The summed E-state index contributed by atoms with van der Waals surface area (Å²) in [5.41, 5.74) is 2.16. The van der Waals surface area contributed by atoms with Crippen LogP contribution < -0.4 is 5.32 Å². The van der Waals surface area contributed by atoms with Gasteiger partial charge in [0, 0.05) is 40.1 Å². The third-order valence-electron chi connectivity index (χ3n) is 2.88. The molecule has 1 aromatic heterocycles. The van der Waals surface area contributed by atoms with E-state index in [2.05, 4.69) is 22.6 Å². The molecule has 1 heterocycles. The van der Waals surface area contributed by atoms with E-state index >= 15 is 0 Å². The van der Waals surface area contributed by atoms with Gasteiger partial charge in [0.05, 0.1) is 5.01 Å². The lowest BCUT2D eigenvalue weighted by Crippen LogP contribution is -2.21. The molecular weight excluding hydrogens is 299 g/mol. The van der Waals surface area contributed by atoms with Gasteiger partial charge in [-0.05, 0) is 31.5 Å². The van der Waals surface area contributed by atoms with Gasteiger partial charge in [-0.2, -0.15) is 0 Å². The smallest absolute Gasteiger partial charge is 0.0940 e. The van der Waals surface area contributed by atoms with Crippen LogP contribution in [0.4, 0.5) is 0 Å². The quantitative estimate of drug-likeness (QED) is 0.868. The van der Waals surface area contributed by atoms with Crippen molar-refractivity contribution in [1.29, 1.82) is 0 Å². The van der Waals surface area contributed by atoms with Crippen LogP contribution in [-0.4, -0.2) is 11.5 Å². The summed E-state index contributed by atoms with van der Waals surface area (Å²) < 4.78 is 0. The van der Waals surface area contributed by atoms with Crippen molar-refractivity contribution >= 4 is 34.5 Å². The third kappa shape index (κ3) is 4.18. The molecule has 2 nitrogen and oxygen atoms in total. The van der Waals surface area contributed by atoms with Crippen LogP contribution in [0.15, 0.2) is 23.6 Å². The average molecular weight is 315 g/mol. The Labute approximate surface area is 127 Å². The fourth-order valence-corrected chi connectivity index (χ4v) is 3.22. The average Bonchev–Trinajstić information content (AvgIpc) is 2.75. The van der Waals surface area contributed by atoms with Crippen LogP contribution in [0.25, 0.3) is 0 Å². The summed E-state index contributed by atoms with van der Waals surface area (Å²) in [7, 11) is 0. The van der Waals surface area contributed by atoms with Crippen molar-refractivity contribution in [2.24, 2.45) is 0 Å². The fourth-order valence-electron chi connectivity index (χ4n) is 1.88. The Morgan fingerprint density at radius 2 is 2.16 bits per heavy atom. The van der Waals surface area contributed by atoms with E-state index < -0.39 is 0 Å². The minimum Gasteiger partial charge on any atom is -0.310 e. The predicted molar refractivity (Wildman–Crippen MR) is 83.4 cm³/mol. The maximum atomic E-state index is 6.19. The van der Waals surface area contributed by atoms with Gasteiger partial charge in [0.25, 0.3) is 0 Å². The molecule has 2 aromatic rings. The topological polar surface area (TPSA) is 24.9 Å². The first-order valence-electron chi connectivity index (χ1n) is 6.15. The Hall–Kier alpha value is -0.610. The summed E-state index contributed by atoms with van der Waals surface area (Å²) in [6.45, 7) is 5.00. The van der Waals surface area contributed by atoms with E-state index in [1.165, 1.54) is 5.01 Å². The minimum absolute atomic E-state index is 0.200. The maximum absolute atomic E-state index is 6.19. The Balaban J connectivity index is 1.88. The zero-order chi connectivity index (χ0) is 13.8. The highest BCUT2D eigenvalue weighted by Gasteiger charge is 2.09. The SMILES string of the molecule is Cc1csc(CCNC(C)c2ccc(Cl)cc2Cl)n1. The van der Waals surface area contributed by atoms with Gasteiger partial charge in [0.2, 0.25) is 0 Å². The van der Waals surface area contributed by atoms with E-state index in [0.29, 0.717) is 10.0 Å². The highest BCUT2D eigenvalue weighted by Crippen LogP contribution is 2.26. The summed E-state index contributed by atoms with van der Waals surface area (Å²) in [5.74, 6) is 0. The van der Waals surface area contributed by atoms with Gasteiger partial charge in [-0.25, -0.2) is 4.98 Å². The lowest BCUT2D eigenvalue weighted by Gasteiger charge is -2.15. The Bertz CT molecular complexity index is 554. The molecule has 0 saturated carbocycles. The van der Waals surface area contributed by atoms with Gasteiger partial charge in [-0.15, -0.1) is 11.3 Å². The van der Waals surface area contributed by atoms with E-state index in [0.717, 1.165) is 24.2 Å². The van der Waals surface area contributed by atoms with Crippen LogP contribution in [0.3, 0.4) is 0 Å². The monoisotopic (exact) mass is 314 g/mol. The van der Waals surface area contributed by atoms with Crippen LogP contribution in [0.1, 0.15) is 29.2 Å². The van der Waals surface area contributed by atoms with Crippen LogP contribution >= 0.6 is 34.5 Å². The first kappa shape index (κ1) is 14.8. The zero-order valence-electron chi connectivity index (χ0n) is 10.9. The number of rotatable bonds is 5. The molecule has 0 aliphatic rings. The van der Waals surface area contributed by atoms with Gasteiger partial charge in [0.1, 0.15) is 0 Å². The van der Waals surface area contributed by atoms with Crippen LogP contribution in [0, 0.1) is 6.92 Å². The molecule has 0 bridgehead atoms. The van der Waals surface area contributed by atoms with Crippen molar-refractivity contribution in [3.8, 4) is 0 Å². The molecule has 1 aromatic carbocycles. The second kappa shape index (κ2) is 6.71. The molecule has 19 heavy (non-hydrogen) atoms. The first-order chi connectivity index (χ1) is 9.06. The molecule has 1 N–H and O–H groups in total. The van der Waals surface area contributed by atoms with Crippen molar-refractivity contribution in [2.45, 2.75) is 26.3 Å². The molecule has 2 rings (SSSR count). The van der Waals surface area contributed by atoms with Gasteiger partial charge in [-0.1, -0.05) is 29.3 Å². The van der Waals surface area contributed by atoms with Crippen LogP contribution in [-0.2, 0) is 6.42 Å². The summed E-state index contributed by atoms with van der Waals surface area (Å²) in [5, 5.41) is 8.07. The van der Waals surface area contributed by atoms with Crippen LogP contribution in [0.5, 0.6) is 0 Å². The van der Waals surface area contributed by atoms with E-state index in [9.17, 15) is 0 Å². The Morgan fingerprint density at radius 1 is 1.37 bits per heavy atom. The first-order valence-corrected chi connectivity index (χ1v) is 7.79. The number of aromatic nitrogens is 1. The van der Waals surface area contributed by atoms with Gasteiger partial charge in [-0.3, -0.25) is 0 Å². The van der Waals surface area contributed by atoms with Crippen molar-refractivity contribution < 1.29 is 0 Å². The summed E-state index contributed by atoms with van der Waals surface area (Å²) >= 11 is 13.8. The molecule has 1 atom stereocenters. The van der Waals surface area contributed by atoms with E-state index in [1.807, 2.05) is 19.1 Å². The van der Waals surface area contributed by atoms with Crippen molar-refractivity contribution in [1.82, 2.24) is 10.3 Å². The molecule has 1 unspecified atom stereocenters. The number of aryl methyl sites for hydroxylation is 1. The van der Waals surface area contributed by atoms with Gasteiger partial charge >= 0.3 is 0 Å². The Morgan fingerprint density at radius 3 is 2.79 bits per heavy atom. The highest BCUT2D eigenvalue weighted by molar-refractivity contribution is 7.09. The molecular formula is C14H16Cl2N2S. The normalized spacial score (nSPS) is 12.6. The van der Waals surface area contributed by atoms with Gasteiger partial charge in [0.15, 0.2) is 0 Å². The van der Waals surface area contributed by atoms with Crippen molar-refractivity contribution in [3.05, 3.63) is 49.9 Å². The number of thiazole rings is 1. The Kier molecular flexibility index (Phi) is 5.22. The fraction of sp³-hybridized carbons (Fsp3) is 0.357. The van der Waals surface area contributed by atoms with Crippen molar-refractivity contribution in [2.75, 3.05) is 6.54 Å². The molecule has 0 amide bonds. The van der Waals surface area contributed by atoms with Crippen LogP contribution in [0.2, 0.25) is 10.0 Å². The summed E-state index contributed by atoms with van der Waals surface area (Å²) in [6.07, 6.45) is 0.939. The number of benzene rings is 1. The number of halogens is 2. The van der Waals surface area contributed by atoms with E-state index in [1.54, 1.807) is 17.4 Å². The van der Waals surface area contributed by atoms with E-state index in [-0.39, 0.29) is 6.04 Å². The largest absolute Gasteiger partial charge is 0.310 e. The standard InChI is InChI=1S/C14H16Cl2N2S/c1-9-8-19-14(18-9)5-6-17-10(2)12-4-3-11(15)7-13(12)16/h3-4,7-8,10,17H,5-6H2,1-2H3. The van der Waals surface area contributed by atoms with Gasteiger partial charge < -0.3 is 5.32 Å². The zero-order valence-corrected chi connectivity index (χ0v) is 13.2. The number of nitrogens with one attached hydrogen (secondary N) is 1. The molecule has 0 aliphatic carbocycles. The second-order valence-electron chi connectivity index (χ2n) is 4.47. The number of hydrogen-bond donors (Lipinski definition) is 1. The van der Waals surface area contributed by atoms with E-state index in [4.69, 9.17) is 23.2 Å². The number of hydrogen-bond acceptors (Lipinski definition) is 3. The number of nitrogens with zero attached hydrogens (tertiary/aromatic N) is 1. The minimum atomic E-state index is 0.200.